The molecule has 0 aromatic heterocycles. The van der Waals surface area contributed by atoms with Crippen LogP contribution in [0.25, 0.3) is 0 Å². The van der Waals surface area contributed by atoms with E-state index in [-0.39, 0.29) is 18.5 Å². The van der Waals surface area contributed by atoms with E-state index in [1.807, 2.05) is 11.4 Å². The van der Waals surface area contributed by atoms with Crippen molar-refractivity contribution >= 4 is 11.7 Å². The molecule has 0 heterocycles. The zero-order valence-corrected chi connectivity index (χ0v) is 10.4. The first-order valence-corrected chi connectivity index (χ1v) is 6.02. The summed E-state index contributed by atoms with van der Waals surface area (Å²) in [6.07, 6.45) is -4.24. The Hall–Kier alpha value is -2.23. The first kappa shape index (κ1) is 14.2. The molecule has 1 aliphatic carbocycles. The smallest absolute Gasteiger partial charge is 0.323 e. The second kappa shape index (κ2) is 5.04. The third kappa shape index (κ3) is 2.69. The lowest BCUT2D eigenvalue weighted by Crippen LogP contribution is -2.63. The molecule has 2 rings (SSSR count). The fourth-order valence-electron chi connectivity index (χ4n) is 2.06. The summed E-state index contributed by atoms with van der Waals surface area (Å²) < 4.78 is 38.7. The Kier molecular flexibility index (Phi) is 3.57. The van der Waals surface area contributed by atoms with Gasteiger partial charge in [0, 0.05) is 5.69 Å². The third-order valence-corrected chi connectivity index (χ3v) is 3.35. The molecule has 1 aromatic rings. The molecule has 0 atom stereocenters. The van der Waals surface area contributed by atoms with E-state index in [0.717, 1.165) is 0 Å². The maximum absolute atomic E-state index is 12.9. The van der Waals surface area contributed by atoms with E-state index < -0.39 is 17.7 Å². The Morgan fingerprint density at radius 1 is 1.35 bits per heavy atom. The number of nitriles is 1. The second-order valence-corrected chi connectivity index (χ2v) is 4.71. The highest BCUT2D eigenvalue weighted by Crippen LogP contribution is 2.45. The van der Waals surface area contributed by atoms with Gasteiger partial charge in [-0.2, -0.15) is 18.4 Å². The van der Waals surface area contributed by atoms with E-state index in [1.165, 1.54) is 24.3 Å². The number of carbonyl (C=O) groups excluding carboxylic acids is 1. The fraction of sp³-hybridized carbons (Fsp3) is 0.385. The van der Waals surface area contributed by atoms with Crippen LogP contribution in [-0.4, -0.2) is 17.7 Å². The minimum Gasteiger partial charge on any atom is -0.323 e. The van der Waals surface area contributed by atoms with Crippen LogP contribution in [0.4, 0.5) is 23.7 Å². The summed E-state index contributed by atoms with van der Waals surface area (Å²) in [4.78, 5) is 11.7. The molecular formula is C13H12F3N3O. The molecule has 1 saturated carbocycles. The van der Waals surface area contributed by atoms with Crippen molar-refractivity contribution in [3.05, 3.63) is 29.8 Å². The maximum Gasteiger partial charge on any atom is 0.411 e. The molecule has 7 heteroatoms. The van der Waals surface area contributed by atoms with Gasteiger partial charge < -0.3 is 10.6 Å². The molecular weight excluding hydrogens is 271 g/mol. The number of carbonyl (C=O) groups is 1. The maximum atomic E-state index is 12.9. The predicted molar refractivity (Wildman–Crippen MR) is 65.9 cm³/mol. The lowest BCUT2D eigenvalue weighted by atomic mass is 9.76. The summed E-state index contributed by atoms with van der Waals surface area (Å²) >= 11 is 0. The molecule has 0 saturated heterocycles. The largest absolute Gasteiger partial charge is 0.411 e. The van der Waals surface area contributed by atoms with Crippen molar-refractivity contribution in [2.45, 2.75) is 31.0 Å². The van der Waals surface area contributed by atoms with Crippen molar-refractivity contribution in [3.63, 3.8) is 0 Å². The number of anilines is 1. The molecule has 0 aliphatic heterocycles. The SMILES string of the molecule is N#Cc1cccc(NC(=O)NC2(C(F)(F)F)CCC2)c1. The first-order chi connectivity index (χ1) is 9.36. The van der Waals surface area contributed by atoms with Gasteiger partial charge >= 0.3 is 12.2 Å². The summed E-state index contributed by atoms with van der Waals surface area (Å²) in [5.74, 6) is 0. The molecule has 4 nitrogen and oxygen atoms in total. The first-order valence-electron chi connectivity index (χ1n) is 6.02. The Morgan fingerprint density at radius 3 is 2.55 bits per heavy atom. The number of hydrogen-bond donors (Lipinski definition) is 2. The van der Waals surface area contributed by atoms with Crippen molar-refractivity contribution in [2.24, 2.45) is 0 Å². The van der Waals surface area contributed by atoms with E-state index in [0.29, 0.717) is 12.0 Å². The highest BCUT2D eigenvalue weighted by molar-refractivity contribution is 5.90. The molecule has 2 amide bonds. The van der Waals surface area contributed by atoms with Crippen molar-refractivity contribution in [2.75, 3.05) is 5.32 Å². The normalized spacial score (nSPS) is 16.7. The van der Waals surface area contributed by atoms with Gasteiger partial charge in [-0.3, -0.25) is 0 Å². The monoisotopic (exact) mass is 283 g/mol. The van der Waals surface area contributed by atoms with Crippen LogP contribution < -0.4 is 10.6 Å². The Balaban J connectivity index is 2.04. The topological polar surface area (TPSA) is 64.9 Å². The van der Waals surface area contributed by atoms with Gasteiger partial charge in [-0.1, -0.05) is 6.07 Å². The van der Waals surface area contributed by atoms with Gasteiger partial charge in [-0.25, -0.2) is 4.79 Å². The molecule has 0 bridgehead atoms. The van der Waals surface area contributed by atoms with Crippen molar-refractivity contribution in [1.82, 2.24) is 5.32 Å². The number of alkyl halides is 3. The average molecular weight is 283 g/mol. The van der Waals surface area contributed by atoms with Crippen LogP contribution in [0.2, 0.25) is 0 Å². The van der Waals surface area contributed by atoms with Crippen LogP contribution in [0, 0.1) is 11.3 Å². The lowest BCUT2D eigenvalue weighted by Gasteiger charge is -2.43. The van der Waals surface area contributed by atoms with Gasteiger partial charge in [0.25, 0.3) is 0 Å². The van der Waals surface area contributed by atoms with Crippen LogP contribution >= 0.6 is 0 Å². The van der Waals surface area contributed by atoms with Crippen LogP contribution in [-0.2, 0) is 0 Å². The number of nitrogens with zero attached hydrogens (tertiary/aromatic N) is 1. The summed E-state index contributed by atoms with van der Waals surface area (Å²) in [5, 5.41) is 13.0. The molecule has 2 N–H and O–H groups in total. The van der Waals surface area contributed by atoms with Gasteiger partial charge in [0.05, 0.1) is 11.6 Å². The zero-order valence-electron chi connectivity index (χ0n) is 10.4. The van der Waals surface area contributed by atoms with Crippen molar-refractivity contribution < 1.29 is 18.0 Å². The van der Waals surface area contributed by atoms with E-state index in [2.05, 4.69) is 5.32 Å². The molecule has 1 aromatic carbocycles. The number of amides is 2. The molecule has 0 unspecified atom stereocenters. The third-order valence-electron chi connectivity index (χ3n) is 3.35. The van der Waals surface area contributed by atoms with Crippen LogP contribution in [0.15, 0.2) is 24.3 Å². The Bertz CT molecular complexity index is 559. The summed E-state index contributed by atoms with van der Waals surface area (Å²) in [5.41, 5.74) is -1.53. The summed E-state index contributed by atoms with van der Waals surface area (Å²) in [6.45, 7) is 0. The van der Waals surface area contributed by atoms with Crippen molar-refractivity contribution in [1.29, 1.82) is 5.26 Å². The number of hydrogen-bond acceptors (Lipinski definition) is 2. The number of rotatable bonds is 2. The standard InChI is InChI=1S/C13H12F3N3O/c14-13(15,16)12(5-2-6-12)19-11(20)18-10-4-1-3-9(7-10)8-17/h1,3-4,7H,2,5-6H2,(H2,18,19,20). The Morgan fingerprint density at radius 2 is 2.05 bits per heavy atom. The lowest BCUT2D eigenvalue weighted by molar-refractivity contribution is -0.214. The fourth-order valence-corrected chi connectivity index (χ4v) is 2.06. The number of benzene rings is 1. The molecule has 1 fully saturated rings. The minimum atomic E-state index is -4.46. The number of halogens is 3. The van der Waals surface area contributed by atoms with Gasteiger partial charge in [-0.05, 0) is 37.5 Å². The predicted octanol–water partition coefficient (Wildman–Crippen LogP) is 3.16. The van der Waals surface area contributed by atoms with Crippen LogP contribution in [0.5, 0.6) is 0 Å². The average Bonchev–Trinajstić information content (AvgIpc) is 2.32. The van der Waals surface area contributed by atoms with E-state index in [1.54, 1.807) is 0 Å². The number of nitrogens with one attached hydrogen (secondary N) is 2. The molecule has 0 spiro atoms. The van der Waals surface area contributed by atoms with Gasteiger partial charge in [-0.15, -0.1) is 0 Å². The van der Waals surface area contributed by atoms with Crippen LogP contribution in [0.1, 0.15) is 24.8 Å². The van der Waals surface area contributed by atoms with Gasteiger partial charge in [0.15, 0.2) is 0 Å². The van der Waals surface area contributed by atoms with Crippen molar-refractivity contribution in [3.8, 4) is 6.07 Å². The van der Waals surface area contributed by atoms with Gasteiger partial charge in [0.1, 0.15) is 5.54 Å². The quantitative estimate of drug-likeness (QED) is 0.875. The summed E-state index contributed by atoms with van der Waals surface area (Å²) in [7, 11) is 0. The highest BCUT2D eigenvalue weighted by Gasteiger charge is 2.59. The molecule has 1 aliphatic rings. The molecule has 20 heavy (non-hydrogen) atoms. The number of urea groups is 1. The Labute approximate surface area is 113 Å². The molecule has 0 radical (unpaired) electrons. The van der Waals surface area contributed by atoms with Gasteiger partial charge in [0.2, 0.25) is 0 Å². The summed E-state index contributed by atoms with van der Waals surface area (Å²) in [6, 6.07) is 6.93. The minimum absolute atomic E-state index is 0.109. The zero-order chi connectivity index (χ0) is 14.8. The second-order valence-electron chi connectivity index (χ2n) is 4.71. The highest BCUT2D eigenvalue weighted by atomic mass is 19.4. The van der Waals surface area contributed by atoms with Crippen LogP contribution in [0.3, 0.4) is 0 Å². The molecule has 106 valence electrons. The van der Waals surface area contributed by atoms with E-state index in [4.69, 9.17) is 5.26 Å². The van der Waals surface area contributed by atoms with E-state index >= 15 is 0 Å². The van der Waals surface area contributed by atoms with E-state index in [9.17, 15) is 18.0 Å².